The highest BCUT2D eigenvalue weighted by molar-refractivity contribution is 7.99. The second-order valence-electron chi connectivity index (χ2n) is 18.0. The Morgan fingerprint density at radius 2 is 0.833 bits per heavy atom. The number of hydrogen-bond acceptors (Lipinski definition) is 11. The first-order valence-electron chi connectivity index (χ1n) is 22.3. The van der Waals surface area contributed by atoms with Crippen molar-refractivity contribution in [2.45, 2.75) is 104 Å². The van der Waals surface area contributed by atoms with Gasteiger partial charge in [0.2, 0.25) is 57.0 Å². The van der Waals surface area contributed by atoms with E-state index in [0.717, 1.165) is 41.7 Å². The molecule has 5 aliphatic rings. The highest BCUT2D eigenvalue weighted by atomic mass is 32.2. The third kappa shape index (κ3) is 8.69. The van der Waals surface area contributed by atoms with Crippen LogP contribution in [0.4, 0.5) is 0 Å². The zero-order chi connectivity index (χ0) is 46.2. The minimum Gasteiger partial charge on any atom is -0.323 e. The zero-order valence-electron chi connectivity index (χ0n) is 36.6. The average Bonchev–Trinajstić information content (AvgIpc) is 3.95. The first-order valence-corrected chi connectivity index (χ1v) is 31.2. The molecule has 21 heteroatoms. The van der Waals surface area contributed by atoms with Crippen LogP contribution in [0, 0.1) is 0 Å². The molecule has 3 aliphatic heterocycles. The van der Waals surface area contributed by atoms with E-state index in [0.29, 0.717) is 55.8 Å². The number of benzene rings is 5. The molecule has 10 rings (SSSR count). The Kier molecular flexibility index (Phi) is 12.8. The van der Waals surface area contributed by atoms with E-state index in [4.69, 9.17) is 9.05 Å². The molecule has 2 saturated carbocycles. The van der Waals surface area contributed by atoms with Crippen molar-refractivity contribution in [3.63, 3.8) is 0 Å². The Balaban J connectivity index is 1.10. The molecule has 5 aromatic carbocycles. The fourth-order valence-electron chi connectivity index (χ4n) is 10.5. The first-order chi connectivity index (χ1) is 31.5. The van der Waals surface area contributed by atoms with Crippen molar-refractivity contribution in [3.8, 4) is 0 Å². The van der Waals surface area contributed by atoms with E-state index in [1.54, 1.807) is 36.4 Å². The maximum Gasteiger partial charge on any atom is 0.249 e. The van der Waals surface area contributed by atoms with Crippen LogP contribution in [0.5, 0.6) is 0 Å². The van der Waals surface area contributed by atoms with Gasteiger partial charge >= 0.3 is 0 Å². The van der Waals surface area contributed by atoms with Crippen molar-refractivity contribution >= 4 is 78.5 Å². The van der Waals surface area contributed by atoms with Crippen LogP contribution in [0.15, 0.2) is 125 Å². The van der Waals surface area contributed by atoms with Gasteiger partial charge in [-0.25, -0.2) is 33.7 Å². The van der Waals surface area contributed by atoms with Crippen molar-refractivity contribution < 1.29 is 42.7 Å². The van der Waals surface area contributed by atoms with Gasteiger partial charge in [-0.15, -0.1) is 16.3 Å². The van der Waals surface area contributed by atoms with Gasteiger partial charge in [0.15, 0.2) is 0 Å². The molecule has 2 aliphatic carbocycles. The van der Waals surface area contributed by atoms with Gasteiger partial charge in [-0.1, -0.05) is 117 Å². The molecule has 5 fully saturated rings. The van der Waals surface area contributed by atoms with E-state index >= 15 is 16.8 Å². The second kappa shape index (κ2) is 18.1. The molecule has 0 N–H and O–H groups in total. The summed E-state index contributed by atoms with van der Waals surface area (Å²) in [7, 11) is -22.2. The van der Waals surface area contributed by atoms with Crippen molar-refractivity contribution in [2.75, 3.05) is 25.6 Å². The Labute approximate surface area is 390 Å². The molecule has 0 aromatic heterocycles. The molecule has 3 heterocycles. The molecule has 0 amide bonds. The van der Waals surface area contributed by atoms with Gasteiger partial charge in [0, 0.05) is 43.8 Å². The summed E-state index contributed by atoms with van der Waals surface area (Å²) in [6.07, 6.45) is 4.63. The zero-order valence-corrected chi connectivity index (χ0v) is 41.6. The highest BCUT2D eigenvalue weighted by Gasteiger charge is 2.62. The molecule has 0 unspecified atom stereocenters. The standard InChI is InChI=1S/C45H53N5O10P2S4/c1-63(51,52)47-40-20-10-11-21-41(40)48(64(2,53)54)61(47)59-44-31-46(30-33-14-4-3-5-15-33)32-45(44)60-62-49(65(55,56)38-26-24-34-16-6-8-18-36(34)28-38)42-22-12-13-23-43(42)50(62)66(57,58)39-27-25-35-17-7-9-19-37(35)29-39/h3-9,14-19,24-29,40-45H,10-13,20-23,30-32H2,1-2H3/t40-,41-,42-,43-,44-,45-/m0/s1. The summed E-state index contributed by atoms with van der Waals surface area (Å²) in [5, 5.41) is 3.10. The molecule has 0 bridgehead atoms. The number of likely N-dealkylation sites (tertiary alicyclic amines) is 1. The third-order valence-corrected chi connectivity index (χ3v) is 26.7. The van der Waals surface area contributed by atoms with Crippen molar-refractivity contribution in [1.29, 1.82) is 0 Å². The molecule has 5 aromatic rings. The van der Waals surface area contributed by atoms with Gasteiger partial charge < -0.3 is 9.05 Å². The molecule has 6 atom stereocenters. The normalized spacial score (nSPS) is 27.2. The van der Waals surface area contributed by atoms with Crippen LogP contribution in [-0.2, 0) is 55.7 Å². The van der Waals surface area contributed by atoms with Crippen LogP contribution >= 0.6 is 16.9 Å². The number of rotatable bonds is 12. The van der Waals surface area contributed by atoms with Crippen molar-refractivity contribution in [1.82, 2.24) is 21.2 Å². The van der Waals surface area contributed by atoms with Crippen LogP contribution < -0.4 is 0 Å². The summed E-state index contributed by atoms with van der Waals surface area (Å²) in [5.74, 6) is 0. The number of fused-ring (bicyclic) bond motifs is 4. The number of nitrogens with zero attached hydrogens (tertiary/aromatic N) is 5. The fraction of sp³-hybridized carbons (Fsp3) is 0.422. The van der Waals surface area contributed by atoms with Gasteiger partial charge in [-0.3, -0.25) is 4.90 Å². The predicted octanol–water partition coefficient (Wildman–Crippen LogP) is 7.59. The summed E-state index contributed by atoms with van der Waals surface area (Å²) in [4.78, 5) is 2.05. The average molecular weight is 1010 g/mol. The lowest BCUT2D eigenvalue weighted by Crippen LogP contribution is -2.43. The predicted molar refractivity (Wildman–Crippen MR) is 257 cm³/mol. The molecule has 0 spiro atoms. The molecule has 15 nitrogen and oxygen atoms in total. The summed E-state index contributed by atoms with van der Waals surface area (Å²) < 4.78 is 136. The van der Waals surface area contributed by atoms with Crippen LogP contribution in [-0.4, -0.2) is 117 Å². The van der Waals surface area contributed by atoms with E-state index in [1.807, 2.05) is 83.8 Å². The lowest BCUT2D eigenvalue weighted by molar-refractivity contribution is 0.0982. The molecule has 3 saturated heterocycles. The van der Waals surface area contributed by atoms with Gasteiger partial charge in [0.05, 0.1) is 22.3 Å². The minimum absolute atomic E-state index is 0.00103. The highest BCUT2D eigenvalue weighted by Crippen LogP contribution is 2.65. The van der Waals surface area contributed by atoms with Crippen LogP contribution in [0.1, 0.15) is 56.9 Å². The molecule has 66 heavy (non-hydrogen) atoms. The Bertz CT molecular complexity index is 2930. The lowest BCUT2D eigenvalue weighted by atomic mass is 9.92. The van der Waals surface area contributed by atoms with Crippen LogP contribution in [0.2, 0.25) is 0 Å². The fourth-order valence-corrected chi connectivity index (χ4v) is 24.1. The Morgan fingerprint density at radius 1 is 0.470 bits per heavy atom. The smallest absolute Gasteiger partial charge is 0.249 e. The quantitative estimate of drug-likeness (QED) is 0.113. The Hall–Kier alpha value is -3.00. The van der Waals surface area contributed by atoms with Crippen LogP contribution in [0.3, 0.4) is 0 Å². The number of sulfonamides is 4. The first kappa shape index (κ1) is 46.7. The molecular formula is C45H53N5O10P2S4. The summed E-state index contributed by atoms with van der Waals surface area (Å²) in [6.45, 7) is 0.722. The SMILES string of the molecule is CS(=O)(=O)N1[C@H]2CCCC[C@@H]2N(S(C)(=O)=O)P1O[C@H]1CN(Cc2ccccc2)C[C@@H]1OP1N(S(=O)(=O)c2ccc3ccccc3c2)[C@H]2CCCC[C@@H]2N1S(=O)(=O)c1ccc2ccccc2c1. The monoisotopic (exact) mass is 1010 g/mol. The van der Waals surface area contributed by atoms with Gasteiger partial charge in [0.1, 0.15) is 12.2 Å². The van der Waals surface area contributed by atoms with E-state index in [-0.39, 0.29) is 22.9 Å². The van der Waals surface area contributed by atoms with E-state index in [1.165, 1.54) is 16.3 Å². The molecule has 352 valence electrons. The summed E-state index contributed by atoms with van der Waals surface area (Å²) >= 11 is 0. The van der Waals surface area contributed by atoms with Crippen molar-refractivity contribution in [2.24, 2.45) is 0 Å². The topological polar surface area (TPSA) is 171 Å². The molecular weight excluding hydrogens is 961 g/mol. The summed E-state index contributed by atoms with van der Waals surface area (Å²) in [5.41, 5.74) is 0.962. The lowest BCUT2D eigenvalue weighted by Gasteiger charge is -2.34. The minimum atomic E-state index is -4.47. The van der Waals surface area contributed by atoms with Crippen molar-refractivity contribution in [3.05, 3.63) is 121 Å². The molecule has 0 radical (unpaired) electrons. The van der Waals surface area contributed by atoms with E-state index < -0.39 is 93.4 Å². The number of hydrogen-bond donors (Lipinski definition) is 0. The summed E-state index contributed by atoms with van der Waals surface area (Å²) in [6, 6.07) is 31.6. The largest absolute Gasteiger partial charge is 0.323 e. The van der Waals surface area contributed by atoms with E-state index in [9.17, 15) is 16.8 Å². The maximum atomic E-state index is 15.5. The Morgan fingerprint density at radius 3 is 1.24 bits per heavy atom. The van der Waals surface area contributed by atoms with Gasteiger partial charge in [0.25, 0.3) is 0 Å². The van der Waals surface area contributed by atoms with Crippen LogP contribution in [0.25, 0.3) is 21.5 Å². The van der Waals surface area contributed by atoms with E-state index in [2.05, 4.69) is 0 Å². The van der Waals surface area contributed by atoms with Gasteiger partial charge in [-0.05, 0) is 77.1 Å². The van der Waals surface area contributed by atoms with Gasteiger partial charge in [-0.2, -0.15) is 0 Å². The second-order valence-corrected chi connectivity index (χ2v) is 29.5. The maximum absolute atomic E-state index is 15.5. The third-order valence-electron chi connectivity index (χ3n) is 13.4.